The van der Waals surface area contributed by atoms with Gasteiger partial charge in [-0.25, -0.2) is 13.8 Å². The van der Waals surface area contributed by atoms with E-state index in [1.807, 2.05) is 16.5 Å². The van der Waals surface area contributed by atoms with Gasteiger partial charge in [0.05, 0.1) is 18.1 Å². The molecule has 4 nitrogen and oxygen atoms in total. The minimum absolute atomic E-state index is 0.128. The molecule has 0 amide bonds. The zero-order valence-electron chi connectivity index (χ0n) is 11.8. The molecule has 1 aliphatic heterocycles. The number of aryl methyl sites for hydroxylation is 1. The Balaban J connectivity index is 1.70. The van der Waals surface area contributed by atoms with Crippen molar-refractivity contribution < 1.29 is 13.9 Å². The first-order valence-electron chi connectivity index (χ1n) is 6.89. The number of aliphatic hydroxyl groups is 1. The van der Waals surface area contributed by atoms with E-state index in [2.05, 4.69) is 4.98 Å². The van der Waals surface area contributed by atoms with Gasteiger partial charge in [-0.3, -0.25) is 4.90 Å². The summed E-state index contributed by atoms with van der Waals surface area (Å²) in [7, 11) is 1.96. The summed E-state index contributed by atoms with van der Waals surface area (Å²) in [6.07, 6.45) is 1.66. The van der Waals surface area contributed by atoms with E-state index in [1.54, 1.807) is 6.33 Å². The largest absolute Gasteiger partial charge is 0.387 e. The van der Waals surface area contributed by atoms with E-state index in [-0.39, 0.29) is 5.56 Å². The zero-order chi connectivity index (χ0) is 15.0. The maximum atomic E-state index is 13.7. The molecule has 0 bridgehead atoms. The summed E-state index contributed by atoms with van der Waals surface area (Å²) >= 11 is 0. The molecule has 1 aromatic heterocycles. The number of nitrogens with zero attached hydrogens (tertiary/aromatic N) is 3. The number of halogens is 2. The second-order valence-corrected chi connectivity index (χ2v) is 5.42. The van der Waals surface area contributed by atoms with Gasteiger partial charge in [0.25, 0.3) is 0 Å². The Morgan fingerprint density at radius 3 is 2.95 bits per heavy atom. The lowest BCUT2D eigenvalue weighted by Crippen LogP contribution is -2.34. The molecular weight excluding hydrogens is 276 g/mol. The summed E-state index contributed by atoms with van der Waals surface area (Å²) in [6.45, 7) is 1.72. The third-order valence-electron chi connectivity index (χ3n) is 3.94. The number of aromatic nitrogens is 2. The molecule has 3 rings (SSSR count). The third-order valence-corrected chi connectivity index (χ3v) is 3.94. The lowest BCUT2D eigenvalue weighted by atomic mass is 10.1. The Bertz CT molecular complexity index is 656. The quantitative estimate of drug-likeness (QED) is 0.938. The number of benzene rings is 1. The molecule has 0 aliphatic carbocycles. The van der Waals surface area contributed by atoms with Crippen LogP contribution in [0.4, 0.5) is 8.78 Å². The van der Waals surface area contributed by atoms with Crippen LogP contribution in [0.5, 0.6) is 0 Å². The molecule has 1 aliphatic rings. The first-order chi connectivity index (χ1) is 10.0. The van der Waals surface area contributed by atoms with E-state index in [4.69, 9.17) is 0 Å². The molecule has 21 heavy (non-hydrogen) atoms. The van der Waals surface area contributed by atoms with E-state index in [0.717, 1.165) is 30.8 Å². The number of imidazole rings is 1. The van der Waals surface area contributed by atoms with Gasteiger partial charge in [0.15, 0.2) is 0 Å². The van der Waals surface area contributed by atoms with Gasteiger partial charge in [0, 0.05) is 50.4 Å². The first-order valence-corrected chi connectivity index (χ1v) is 6.89. The highest BCUT2D eigenvalue weighted by Crippen LogP contribution is 2.22. The van der Waals surface area contributed by atoms with Crippen molar-refractivity contribution in [2.45, 2.75) is 19.1 Å². The molecule has 0 saturated carbocycles. The van der Waals surface area contributed by atoms with Crippen molar-refractivity contribution in [2.24, 2.45) is 7.05 Å². The predicted molar refractivity (Wildman–Crippen MR) is 73.5 cm³/mol. The number of hydrogen-bond donors (Lipinski definition) is 1. The van der Waals surface area contributed by atoms with Gasteiger partial charge >= 0.3 is 0 Å². The number of rotatable bonds is 3. The van der Waals surface area contributed by atoms with E-state index >= 15 is 0 Å². The van der Waals surface area contributed by atoms with Crippen molar-refractivity contribution in [1.29, 1.82) is 0 Å². The molecular formula is C15H17F2N3O. The van der Waals surface area contributed by atoms with Crippen LogP contribution in [-0.4, -0.2) is 32.6 Å². The third kappa shape index (κ3) is 2.82. The van der Waals surface area contributed by atoms with Crippen LogP contribution in [0.3, 0.4) is 0 Å². The second-order valence-electron chi connectivity index (χ2n) is 5.42. The van der Waals surface area contributed by atoms with Gasteiger partial charge in [0.2, 0.25) is 0 Å². The van der Waals surface area contributed by atoms with Crippen LogP contribution < -0.4 is 0 Å². The molecule has 0 spiro atoms. The highest BCUT2D eigenvalue weighted by atomic mass is 19.1. The molecule has 1 N–H and O–H groups in total. The summed E-state index contributed by atoms with van der Waals surface area (Å²) in [4.78, 5) is 6.36. The molecule has 2 heterocycles. The van der Waals surface area contributed by atoms with Gasteiger partial charge in [-0.1, -0.05) is 6.07 Å². The van der Waals surface area contributed by atoms with Gasteiger partial charge in [0.1, 0.15) is 11.6 Å². The highest BCUT2D eigenvalue weighted by molar-refractivity contribution is 5.22. The van der Waals surface area contributed by atoms with Crippen LogP contribution in [0, 0.1) is 11.6 Å². The Morgan fingerprint density at radius 2 is 2.19 bits per heavy atom. The Hall–Kier alpha value is -1.79. The molecule has 1 unspecified atom stereocenters. The molecule has 1 aromatic carbocycles. The molecule has 0 fully saturated rings. The van der Waals surface area contributed by atoms with Crippen molar-refractivity contribution in [3.8, 4) is 0 Å². The van der Waals surface area contributed by atoms with Gasteiger partial charge in [-0.15, -0.1) is 0 Å². The molecule has 1 atom stereocenters. The van der Waals surface area contributed by atoms with Crippen molar-refractivity contribution in [1.82, 2.24) is 14.5 Å². The van der Waals surface area contributed by atoms with Crippen molar-refractivity contribution in [3.63, 3.8) is 0 Å². The molecule has 0 saturated heterocycles. The Labute approximate surface area is 121 Å². The maximum Gasteiger partial charge on any atom is 0.131 e. The summed E-state index contributed by atoms with van der Waals surface area (Å²) in [5, 5.41) is 10.2. The second kappa shape index (κ2) is 5.54. The predicted octanol–water partition coefficient (Wildman–Crippen LogP) is 1.79. The fourth-order valence-corrected chi connectivity index (χ4v) is 2.78. The Kier molecular flexibility index (Phi) is 3.73. The van der Waals surface area contributed by atoms with E-state index in [9.17, 15) is 13.9 Å². The van der Waals surface area contributed by atoms with Crippen LogP contribution in [0.25, 0.3) is 0 Å². The summed E-state index contributed by atoms with van der Waals surface area (Å²) in [5.74, 6) is -1.35. The molecule has 112 valence electrons. The van der Waals surface area contributed by atoms with E-state index < -0.39 is 17.7 Å². The molecule has 6 heteroatoms. The van der Waals surface area contributed by atoms with Crippen LogP contribution in [0.1, 0.15) is 23.1 Å². The zero-order valence-corrected chi connectivity index (χ0v) is 11.8. The van der Waals surface area contributed by atoms with E-state index in [0.29, 0.717) is 13.1 Å². The standard InChI is InChI=1S/C15H17F2N3O/c1-19-9-18-13-7-20(5-4-14(13)19)8-15(21)11-3-2-10(16)6-12(11)17/h2-3,6,9,15,21H,4-5,7-8H2,1H3. The first kappa shape index (κ1) is 14.2. The van der Waals surface area contributed by atoms with Gasteiger partial charge in [-0.2, -0.15) is 0 Å². The van der Waals surface area contributed by atoms with Crippen LogP contribution >= 0.6 is 0 Å². The Morgan fingerprint density at radius 1 is 1.38 bits per heavy atom. The van der Waals surface area contributed by atoms with Crippen molar-refractivity contribution in [3.05, 3.63) is 53.1 Å². The van der Waals surface area contributed by atoms with Crippen molar-refractivity contribution >= 4 is 0 Å². The molecule has 2 aromatic rings. The summed E-state index contributed by atoms with van der Waals surface area (Å²) in [5.41, 5.74) is 2.33. The van der Waals surface area contributed by atoms with Crippen LogP contribution in [-0.2, 0) is 20.0 Å². The normalized spacial score (nSPS) is 16.8. The number of aliphatic hydroxyl groups excluding tert-OH is 1. The fraction of sp³-hybridized carbons (Fsp3) is 0.400. The fourth-order valence-electron chi connectivity index (χ4n) is 2.78. The monoisotopic (exact) mass is 293 g/mol. The minimum atomic E-state index is -0.976. The summed E-state index contributed by atoms with van der Waals surface area (Å²) in [6, 6.07) is 3.26. The van der Waals surface area contributed by atoms with Gasteiger partial charge < -0.3 is 9.67 Å². The average Bonchev–Trinajstić information content (AvgIpc) is 2.80. The van der Waals surface area contributed by atoms with Gasteiger partial charge in [-0.05, 0) is 6.07 Å². The SMILES string of the molecule is Cn1cnc2c1CCN(CC(O)c1ccc(F)cc1F)C2. The van der Waals surface area contributed by atoms with Crippen LogP contribution in [0.2, 0.25) is 0 Å². The lowest BCUT2D eigenvalue weighted by Gasteiger charge is -2.28. The number of β-amino-alcohol motifs (C(OH)–C–C–N with tert-alkyl or cyclic N) is 1. The molecule has 0 radical (unpaired) electrons. The maximum absolute atomic E-state index is 13.7. The number of hydrogen-bond acceptors (Lipinski definition) is 3. The van der Waals surface area contributed by atoms with Crippen LogP contribution in [0.15, 0.2) is 24.5 Å². The topological polar surface area (TPSA) is 41.3 Å². The van der Waals surface area contributed by atoms with E-state index in [1.165, 1.54) is 11.8 Å². The van der Waals surface area contributed by atoms with Crippen molar-refractivity contribution in [2.75, 3.05) is 13.1 Å². The highest BCUT2D eigenvalue weighted by Gasteiger charge is 2.23. The number of fused-ring (bicyclic) bond motifs is 1. The minimum Gasteiger partial charge on any atom is -0.387 e. The summed E-state index contributed by atoms with van der Waals surface area (Å²) < 4.78 is 28.6. The average molecular weight is 293 g/mol. The smallest absolute Gasteiger partial charge is 0.131 e. The lowest BCUT2D eigenvalue weighted by molar-refractivity contribution is 0.102.